The Labute approximate surface area is 166 Å². The van der Waals surface area contributed by atoms with Crippen molar-refractivity contribution in [1.82, 2.24) is 9.13 Å². The van der Waals surface area contributed by atoms with Crippen LogP contribution in [0.5, 0.6) is 0 Å². The van der Waals surface area contributed by atoms with Crippen LogP contribution in [0, 0.1) is 5.82 Å². The second kappa shape index (κ2) is 7.27. The lowest BCUT2D eigenvalue weighted by Gasteiger charge is -2.09. The number of nitrogens with one attached hydrogen (secondary N) is 1. The number of imidazole rings is 1. The lowest BCUT2D eigenvalue weighted by atomic mass is 10.1. The Hall–Kier alpha value is -3.87. The summed E-state index contributed by atoms with van der Waals surface area (Å²) in [5.41, 5.74) is 9.13. The van der Waals surface area contributed by atoms with Crippen LogP contribution in [0.1, 0.15) is 15.9 Å². The zero-order valence-corrected chi connectivity index (χ0v) is 15.7. The predicted molar refractivity (Wildman–Crippen MR) is 111 cm³/mol. The molecule has 0 aliphatic rings. The number of para-hydroxylation sites is 2. The minimum atomic E-state index is -0.399. The number of anilines is 2. The zero-order valence-electron chi connectivity index (χ0n) is 15.7. The van der Waals surface area contributed by atoms with Gasteiger partial charge in [-0.2, -0.15) is 0 Å². The second-order valence-electron chi connectivity index (χ2n) is 6.80. The molecule has 0 radical (unpaired) electrons. The van der Waals surface area contributed by atoms with Crippen molar-refractivity contribution in [1.29, 1.82) is 0 Å². The van der Waals surface area contributed by atoms with Crippen molar-refractivity contribution < 1.29 is 9.18 Å². The first-order valence-corrected chi connectivity index (χ1v) is 9.03. The summed E-state index contributed by atoms with van der Waals surface area (Å²) in [5.74, 6) is -0.678. The van der Waals surface area contributed by atoms with Crippen LogP contribution in [-0.4, -0.2) is 15.0 Å². The molecule has 0 fully saturated rings. The Kier molecular flexibility index (Phi) is 4.64. The highest BCUT2D eigenvalue weighted by molar-refractivity contribution is 6.05. The molecule has 3 aromatic carbocycles. The minimum absolute atomic E-state index is 0.230. The van der Waals surface area contributed by atoms with Crippen molar-refractivity contribution in [3.63, 3.8) is 0 Å². The number of fused-ring (bicyclic) bond motifs is 1. The maximum absolute atomic E-state index is 13.7. The van der Waals surface area contributed by atoms with Crippen molar-refractivity contribution in [3.8, 4) is 0 Å². The molecule has 0 saturated carbocycles. The number of carbonyl (C=O) groups is 1. The van der Waals surface area contributed by atoms with E-state index in [4.69, 9.17) is 5.73 Å². The number of hydrogen-bond acceptors (Lipinski definition) is 3. The molecular formula is C22H19FN4O2. The maximum atomic E-state index is 13.7. The molecule has 1 aromatic heterocycles. The highest BCUT2D eigenvalue weighted by Gasteiger charge is 2.13. The van der Waals surface area contributed by atoms with Crippen molar-refractivity contribution in [2.24, 2.45) is 7.05 Å². The average molecular weight is 390 g/mol. The van der Waals surface area contributed by atoms with Gasteiger partial charge in [-0.3, -0.25) is 13.9 Å². The molecule has 0 aliphatic carbocycles. The molecule has 1 heterocycles. The van der Waals surface area contributed by atoms with Gasteiger partial charge in [0.2, 0.25) is 0 Å². The van der Waals surface area contributed by atoms with E-state index in [-0.39, 0.29) is 18.1 Å². The quantitative estimate of drug-likeness (QED) is 0.524. The van der Waals surface area contributed by atoms with E-state index < -0.39 is 5.82 Å². The van der Waals surface area contributed by atoms with Gasteiger partial charge in [-0.15, -0.1) is 0 Å². The summed E-state index contributed by atoms with van der Waals surface area (Å²) >= 11 is 0. The van der Waals surface area contributed by atoms with E-state index in [0.717, 1.165) is 5.56 Å². The molecule has 29 heavy (non-hydrogen) atoms. The van der Waals surface area contributed by atoms with Crippen LogP contribution in [0.2, 0.25) is 0 Å². The molecule has 0 spiro atoms. The van der Waals surface area contributed by atoms with Crippen LogP contribution in [-0.2, 0) is 13.6 Å². The van der Waals surface area contributed by atoms with Gasteiger partial charge in [0.05, 0.1) is 29.0 Å². The fraction of sp³-hybridized carbons (Fsp3) is 0.0909. The van der Waals surface area contributed by atoms with Gasteiger partial charge in [0, 0.05) is 12.6 Å². The molecule has 3 N–H and O–H groups in total. The molecule has 0 atom stereocenters. The zero-order chi connectivity index (χ0) is 20.5. The highest BCUT2D eigenvalue weighted by Crippen LogP contribution is 2.19. The molecule has 4 aromatic rings. The number of rotatable bonds is 4. The summed E-state index contributed by atoms with van der Waals surface area (Å²) in [6.07, 6.45) is 0. The number of benzene rings is 3. The van der Waals surface area contributed by atoms with Gasteiger partial charge in [0.15, 0.2) is 0 Å². The smallest absolute Gasteiger partial charge is 0.329 e. The first-order chi connectivity index (χ1) is 13.9. The fourth-order valence-electron chi connectivity index (χ4n) is 3.29. The molecule has 7 heteroatoms. The van der Waals surface area contributed by atoms with Gasteiger partial charge in [0.1, 0.15) is 5.82 Å². The van der Waals surface area contributed by atoms with Gasteiger partial charge in [0.25, 0.3) is 5.91 Å². The van der Waals surface area contributed by atoms with Gasteiger partial charge >= 0.3 is 5.69 Å². The Balaban J connectivity index is 1.58. The molecule has 0 bridgehead atoms. The molecule has 0 aliphatic heterocycles. The molecule has 0 unspecified atom stereocenters. The SMILES string of the molecule is Cn1c(=O)n(Cc2ccc(C(=O)Nc3ccccc3N)cc2)c2cc(F)ccc21. The number of hydrogen-bond donors (Lipinski definition) is 2. The van der Waals surface area contributed by atoms with E-state index in [9.17, 15) is 14.0 Å². The van der Waals surface area contributed by atoms with Gasteiger partial charge < -0.3 is 11.1 Å². The Morgan fingerprint density at radius 3 is 2.48 bits per heavy atom. The van der Waals surface area contributed by atoms with E-state index in [0.29, 0.717) is 28.0 Å². The summed E-state index contributed by atoms with van der Waals surface area (Å²) in [6, 6.07) is 18.2. The van der Waals surface area contributed by atoms with Crippen LogP contribution in [0.15, 0.2) is 71.5 Å². The fourth-order valence-corrected chi connectivity index (χ4v) is 3.29. The van der Waals surface area contributed by atoms with Crippen LogP contribution in [0.3, 0.4) is 0 Å². The van der Waals surface area contributed by atoms with Gasteiger partial charge in [-0.05, 0) is 48.0 Å². The number of nitrogen functional groups attached to an aromatic ring is 1. The van der Waals surface area contributed by atoms with Gasteiger partial charge in [-0.1, -0.05) is 24.3 Å². The number of aromatic nitrogens is 2. The lowest BCUT2D eigenvalue weighted by Crippen LogP contribution is -2.22. The van der Waals surface area contributed by atoms with Crippen molar-refractivity contribution in [2.45, 2.75) is 6.54 Å². The normalized spacial score (nSPS) is 11.0. The number of halogens is 1. The molecule has 0 saturated heterocycles. The Morgan fingerprint density at radius 1 is 1.03 bits per heavy atom. The number of nitrogens with two attached hydrogens (primary N) is 1. The maximum Gasteiger partial charge on any atom is 0.329 e. The monoisotopic (exact) mass is 390 g/mol. The second-order valence-corrected chi connectivity index (χ2v) is 6.80. The van der Waals surface area contributed by atoms with E-state index in [1.165, 1.54) is 21.3 Å². The topological polar surface area (TPSA) is 82.0 Å². The van der Waals surface area contributed by atoms with Crippen LogP contribution in [0.25, 0.3) is 11.0 Å². The standard InChI is InChI=1S/C22H19FN4O2/c1-26-19-11-10-16(23)12-20(19)27(22(26)29)13-14-6-8-15(9-7-14)21(28)25-18-5-3-2-4-17(18)24/h2-12H,13,24H2,1H3,(H,25,28). The third-order valence-corrected chi connectivity index (χ3v) is 4.87. The third kappa shape index (κ3) is 3.50. The minimum Gasteiger partial charge on any atom is -0.397 e. The number of nitrogens with zero attached hydrogens (tertiary/aromatic N) is 2. The first kappa shape index (κ1) is 18.5. The van der Waals surface area contributed by atoms with Crippen LogP contribution >= 0.6 is 0 Å². The molecule has 1 amide bonds. The molecular weight excluding hydrogens is 371 g/mol. The van der Waals surface area contributed by atoms with Crippen molar-refractivity contribution in [3.05, 3.63) is 94.2 Å². The highest BCUT2D eigenvalue weighted by atomic mass is 19.1. The van der Waals surface area contributed by atoms with Crippen molar-refractivity contribution in [2.75, 3.05) is 11.1 Å². The summed E-state index contributed by atoms with van der Waals surface area (Å²) < 4.78 is 16.7. The van der Waals surface area contributed by atoms with Crippen molar-refractivity contribution >= 4 is 28.3 Å². The number of amides is 1. The molecule has 4 rings (SSSR count). The van der Waals surface area contributed by atoms with E-state index in [1.807, 2.05) is 0 Å². The summed E-state index contributed by atoms with van der Waals surface area (Å²) in [7, 11) is 1.65. The number of carbonyl (C=O) groups excluding carboxylic acids is 1. The van der Waals surface area contributed by atoms with E-state index >= 15 is 0 Å². The summed E-state index contributed by atoms with van der Waals surface area (Å²) in [6.45, 7) is 0.271. The average Bonchev–Trinajstić information content (AvgIpc) is 2.94. The van der Waals surface area contributed by atoms with Crippen LogP contribution in [0.4, 0.5) is 15.8 Å². The molecule has 146 valence electrons. The van der Waals surface area contributed by atoms with E-state index in [2.05, 4.69) is 5.32 Å². The first-order valence-electron chi connectivity index (χ1n) is 9.03. The van der Waals surface area contributed by atoms with Gasteiger partial charge in [-0.25, -0.2) is 9.18 Å². The summed E-state index contributed by atoms with van der Waals surface area (Å²) in [5, 5.41) is 2.77. The molecule has 6 nitrogen and oxygen atoms in total. The van der Waals surface area contributed by atoms with E-state index in [1.54, 1.807) is 61.6 Å². The predicted octanol–water partition coefficient (Wildman–Crippen LogP) is 3.36. The number of aryl methyl sites for hydroxylation is 1. The largest absolute Gasteiger partial charge is 0.397 e. The Morgan fingerprint density at radius 2 is 1.76 bits per heavy atom. The Bertz CT molecular complexity index is 1270. The summed E-state index contributed by atoms with van der Waals surface area (Å²) in [4.78, 5) is 25.0. The lowest BCUT2D eigenvalue weighted by molar-refractivity contribution is 0.102. The third-order valence-electron chi connectivity index (χ3n) is 4.87. The van der Waals surface area contributed by atoms with Crippen LogP contribution < -0.4 is 16.7 Å².